The highest BCUT2D eigenvalue weighted by atomic mass is 32.2. The van der Waals surface area contributed by atoms with Gasteiger partial charge in [-0.25, -0.2) is 0 Å². The molecule has 4 heteroatoms. The van der Waals surface area contributed by atoms with E-state index in [9.17, 15) is 4.21 Å². The van der Waals surface area contributed by atoms with Crippen molar-refractivity contribution in [3.8, 4) is 5.75 Å². The zero-order valence-corrected chi connectivity index (χ0v) is 13.0. The fourth-order valence-corrected chi connectivity index (χ4v) is 5.18. The summed E-state index contributed by atoms with van der Waals surface area (Å²) in [5.74, 6) is 0.836. The van der Waals surface area contributed by atoms with E-state index in [-0.39, 0.29) is 10.00 Å². The molecule has 1 fully saturated rings. The quantitative estimate of drug-likeness (QED) is 0.852. The molecule has 0 amide bonds. The molecule has 106 valence electrons. The molecule has 1 aliphatic heterocycles. The normalized spacial score (nSPS) is 32.2. The fourth-order valence-electron chi connectivity index (χ4n) is 3.03. The monoisotopic (exact) mass is 281 g/mol. The first-order chi connectivity index (χ1) is 9.03. The smallest absolute Gasteiger partial charge is 0.119 e. The number of benzene rings is 1. The Morgan fingerprint density at radius 1 is 1.53 bits per heavy atom. The zero-order valence-electron chi connectivity index (χ0n) is 12.2. The third-order valence-corrected chi connectivity index (χ3v) is 6.32. The van der Waals surface area contributed by atoms with E-state index < -0.39 is 10.8 Å². The minimum atomic E-state index is -0.861. The van der Waals surface area contributed by atoms with Crippen LogP contribution in [-0.4, -0.2) is 41.6 Å². The van der Waals surface area contributed by atoms with Crippen molar-refractivity contribution in [1.82, 2.24) is 4.90 Å². The molecule has 0 aromatic heterocycles. The van der Waals surface area contributed by atoms with Gasteiger partial charge in [-0.2, -0.15) is 0 Å². The van der Waals surface area contributed by atoms with E-state index in [1.807, 2.05) is 18.2 Å². The number of rotatable bonds is 3. The van der Waals surface area contributed by atoms with E-state index in [0.29, 0.717) is 0 Å². The number of ether oxygens (including phenoxy) is 1. The molecule has 1 aliphatic rings. The molecule has 0 aliphatic carbocycles. The van der Waals surface area contributed by atoms with Gasteiger partial charge in [0.05, 0.1) is 11.9 Å². The summed E-state index contributed by atoms with van der Waals surface area (Å²) in [5.41, 5.74) is 1.13. The van der Waals surface area contributed by atoms with Gasteiger partial charge in [-0.1, -0.05) is 19.1 Å². The number of likely N-dealkylation sites (N-methyl/N-ethyl adjacent to an activating group) is 1. The summed E-state index contributed by atoms with van der Waals surface area (Å²) < 4.78 is 17.9. The summed E-state index contributed by atoms with van der Waals surface area (Å²) in [6.07, 6.45) is 0.876. The molecular formula is C15H23NO2S. The average molecular weight is 281 g/mol. The molecule has 3 nitrogen and oxygen atoms in total. The number of hydrogen-bond acceptors (Lipinski definition) is 3. The summed E-state index contributed by atoms with van der Waals surface area (Å²) in [7, 11) is 2.92. The van der Waals surface area contributed by atoms with Gasteiger partial charge < -0.3 is 9.64 Å². The Bertz CT molecular complexity index is 477. The van der Waals surface area contributed by atoms with Crippen LogP contribution in [-0.2, 0) is 15.5 Å². The second-order valence-corrected chi connectivity index (χ2v) is 7.57. The van der Waals surface area contributed by atoms with Crippen molar-refractivity contribution in [3.63, 3.8) is 0 Å². The lowest BCUT2D eigenvalue weighted by Crippen LogP contribution is -2.53. The fraction of sp³-hybridized carbons (Fsp3) is 0.600. The van der Waals surface area contributed by atoms with Crippen LogP contribution in [0.15, 0.2) is 24.3 Å². The Hall–Kier alpha value is -0.870. The number of hydrogen-bond donors (Lipinski definition) is 0. The second-order valence-electron chi connectivity index (χ2n) is 5.38. The maximum absolute atomic E-state index is 12.9. The highest BCUT2D eigenvalue weighted by molar-refractivity contribution is 7.86. The van der Waals surface area contributed by atoms with Crippen LogP contribution in [0.2, 0.25) is 0 Å². The first-order valence-electron chi connectivity index (χ1n) is 6.77. The standard InChI is InChI=1S/C15H23NO2S/c1-5-15(11-16(3)10-12(2)19(15)17)13-7-6-8-14(9-13)18-4/h6-9,12H,5,10-11H2,1-4H3/t12-,15?,19?/m1/s1. The lowest BCUT2D eigenvalue weighted by molar-refractivity contribution is 0.270. The summed E-state index contributed by atoms with van der Waals surface area (Å²) in [6, 6.07) is 8.04. The molecular weight excluding hydrogens is 258 g/mol. The van der Waals surface area contributed by atoms with Crippen LogP contribution in [0.25, 0.3) is 0 Å². The van der Waals surface area contributed by atoms with Crippen molar-refractivity contribution in [2.24, 2.45) is 0 Å². The van der Waals surface area contributed by atoms with Gasteiger partial charge >= 0.3 is 0 Å². The van der Waals surface area contributed by atoms with Gasteiger partial charge in [0, 0.05) is 29.1 Å². The largest absolute Gasteiger partial charge is 0.497 e. The second kappa shape index (κ2) is 5.63. The molecule has 19 heavy (non-hydrogen) atoms. The van der Waals surface area contributed by atoms with Crippen LogP contribution in [0.1, 0.15) is 25.8 Å². The van der Waals surface area contributed by atoms with Crippen molar-refractivity contribution in [2.75, 3.05) is 27.2 Å². The van der Waals surface area contributed by atoms with Crippen LogP contribution < -0.4 is 4.74 Å². The molecule has 0 bridgehead atoms. The maximum atomic E-state index is 12.9. The number of methoxy groups -OCH3 is 1. The van der Waals surface area contributed by atoms with E-state index >= 15 is 0 Å². The Morgan fingerprint density at radius 3 is 2.89 bits per heavy atom. The molecule has 1 aromatic rings. The van der Waals surface area contributed by atoms with E-state index in [2.05, 4.69) is 31.9 Å². The summed E-state index contributed by atoms with van der Waals surface area (Å²) in [4.78, 5) is 2.29. The molecule has 0 saturated carbocycles. The third kappa shape index (κ3) is 2.56. The molecule has 0 spiro atoms. The van der Waals surface area contributed by atoms with Gasteiger partial charge in [-0.05, 0) is 38.1 Å². The molecule has 2 unspecified atom stereocenters. The highest BCUT2D eigenvalue weighted by Gasteiger charge is 2.44. The minimum Gasteiger partial charge on any atom is -0.497 e. The van der Waals surface area contributed by atoms with Crippen molar-refractivity contribution >= 4 is 10.8 Å². The first kappa shape index (κ1) is 14.5. The summed E-state index contributed by atoms with van der Waals surface area (Å²) in [6.45, 7) is 5.95. The Morgan fingerprint density at radius 2 is 2.26 bits per heavy atom. The lowest BCUT2D eigenvalue weighted by Gasteiger charge is -2.43. The van der Waals surface area contributed by atoms with E-state index in [0.717, 1.165) is 30.8 Å². The van der Waals surface area contributed by atoms with Crippen molar-refractivity contribution in [2.45, 2.75) is 30.3 Å². The van der Waals surface area contributed by atoms with Crippen molar-refractivity contribution < 1.29 is 8.95 Å². The molecule has 2 rings (SSSR count). The number of nitrogens with zero attached hydrogens (tertiary/aromatic N) is 1. The molecule has 0 N–H and O–H groups in total. The zero-order chi connectivity index (χ0) is 14.0. The van der Waals surface area contributed by atoms with Crippen LogP contribution in [0.4, 0.5) is 0 Å². The van der Waals surface area contributed by atoms with Gasteiger partial charge in [-0.15, -0.1) is 0 Å². The molecule has 0 radical (unpaired) electrons. The van der Waals surface area contributed by atoms with Gasteiger partial charge in [0.2, 0.25) is 0 Å². The van der Waals surface area contributed by atoms with Crippen molar-refractivity contribution in [3.05, 3.63) is 29.8 Å². The predicted molar refractivity (Wildman–Crippen MR) is 80.1 cm³/mol. The van der Waals surface area contributed by atoms with Gasteiger partial charge in [0.25, 0.3) is 0 Å². The topological polar surface area (TPSA) is 29.5 Å². The maximum Gasteiger partial charge on any atom is 0.119 e. The predicted octanol–water partition coefficient (Wildman–Crippen LogP) is 2.38. The SMILES string of the molecule is CCC1(c2cccc(OC)c2)CN(C)C[C@@H](C)S1=O. The molecule has 3 atom stereocenters. The van der Waals surface area contributed by atoms with Crippen LogP contribution >= 0.6 is 0 Å². The van der Waals surface area contributed by atoms with Crippen LogP contribution in [0.5, 0.6) is 5.75 Å². The Balaban J connectivity index is 2.48. The minimum absolute atomic E-state index is 0.199. The summed E-state index contributed by atoms with van der Waals surface area (Å²) in [5, 5.41) is 0.199. The molecule has 1 aromatic carbocycles. The van der Waals surface area contributed by atoms with Crippen molar-refractivity contribution in [1.29, 1.82) is 0 Å². The van der Waals surface area contributed by atoms with E-state index in [4.69, 9.17) is 4.74 Å². The summed E-state index contributed by atoms with van der Waals surface area (Å²) >= 11 is 0. The average Bonchev–Trinajstić information content (AvgIpc) is 2.43. The molecule has 1 heterocycles. The first-order valence-corrected chi connectivity index (χ1v) is 7.98. The Labute approximate surface area is 118 Å². The molecule has 1 saturated heterocycles. The third-order valence-electron chi connectivity index (χ3n) is 4.01. The van der Waals surface area contributed by atoms with Gasteiger partial charge in [0.1, 0.15) is 5.75 Å². The van der Waals surface area contributed by atoms with E-state index in [1.54, 1.807) is 7.11 Å². The Kier molecular flexibility index (Phi) is 4.31. The van der Waals surface area contributed by atoms with Crippen LogP contribution in [0.3, 0.4) is 0 Å². The van der Waals surface area contributed by atoms with E-state index in [1.165, 1.54) is 0 Å². The lowest BCUT2D eigenvalue weighted by atomic mass is 9.94. The highest BCUT2D eigenvalue weighted by Crippen LogP contribution is 2.38. The van der Waals surface area contributed by atoms with Gasteiger partial charge in [0.15, 0.2) is 0 Å². The van der Waals surface area contributed by atoms with Gasteiger partial charge in [-0.3, -0.25) is 4.21 Å². The van der Waals surface area contributed by atoms with Crippen LogP contribution in [0, 0.1) is 0 Å².